The largest absolute Gasteiger partial charge is 0.484 e. The van der Waals surface area contributed by atoms with Crippen LogP contribution in [0.5, 0.6) is 5.75 Å². The van der Waals surface area contributed by atoms with E-state index in [1.807, 2.05) is 0 Å². The van der Waals surface area contributed by atoms with Crippen molar-refractivity contribution in [2.75, 3.05) is 52.6 Å². The van der Waals surface area contributed by atoms with E-state index in [2.05, 4.69) is 15.5 Å². The molecule has 2 amide bonds. The van der Waals surface area contributed by atoms with Gasteiger partial charge in [0, 0.05) is 37.6 Å². The molecule has 174 valence electrons. The van der Waals surface area contributed by atoms with Crippen molar-refractivity contribution in [2.45, 2.75) is 13.0 Å². The molecule has 1 atom stereocenters. The van der Waals surface area contributed by atoms with Crippen LogP contribution >= 0.6 is 11.6 Å². The fourth-order valence-corrected chi connectivity index (χ4v) is 3.41. The topological polar surface area (TPSA) is 130 Å². The van der Waals surface area contributed by atoms with Crippen molar-refractivity contribution in [2.24, 2.45) is 0 Å². The molecule has 3 N–H and O–H groups in total. The van der Waals surface area contributed by atoms with Crippen molar-refractivity contribution in [3.63, 3.8) is 0 Å². The van der Waals surface area contributed by atoms with E-state index in [1.54, 1.807) is 19.1 Å². The Balaban J connectivity index is 1.48. The first-order valence-electron chi connectivity index (χ1n) is 10.2. The molecule has 1 saturated heterocycles. The first-order chi connectivity index (χ1) is 15.4. The van der Waals surface area contributed by atoms with E-state index in [9.17, 15) is 19.5 Å². The van der Waals surface area contributed by atoms with Crippen LogP contribution in [0, 0.1) is 6.92 Å². The number of nitrogens with one attached hydrogen (secondary N) is 2. The van der Waals surface area contributed by atoms with E-state index in [-0.39, 0.29) is 17.2 Å². The molecular formula is C21H26ClN3O7. The summed E-state index contributed by atoms with van der Waals surface area (Å²) < 4.78 is 15.9. The van der Waals surface area contributed by atoms with Crippen molar-refractivity contribution < 1.29 is 28.6 Å². The van der Waals surface area contributed by atoms with E-state index in [1.165, 1.54) is 6.07 Å². The van der Waals surface area contributed by atoms with Crippen LogP contribution < -0.4 is 21.0 Å². The highest BCUT2D eigenvalue weighted by atomic mass is 35.5. The molecular weight excluding hydrogens is 442 g/mol. The minimum Gasteiger partial charge on any atom is -0.484 e. The number of morpholine rings is 1. The summed E-state index contributed by atoms with van der Waals surface area (Å²) in [5, 5.41) is 15.3. The second kappa shape index (κ2) is 11.3. The predicted molar refractivity (Wildman–Crippen MR) is 117 cm³/mol. The molecule has 10 nitrogen and oxygen atoms in total. The van der Waals surface area contributed by atoms with Crippen molar-refractivity contribution >= 4 is 34.4 Å². The Labute approximate surface area is 189 Å². The van der Waals surface area contributed by atoms with E-state index >= 15 is 0 Å². The number of aryl methyl sites for hydroxylation is 1. The summed E-state index contributed by atoms with van der Waals surface area (Å²) in [7, 11) is 0. The minimum absolute atomic E-state index is 0.0174. The number of carbonyl (C=O) groups excluding carboxylic acids is 2. The summed E-state index contributed by atoms with van der Waals surface area (Å²) in [4.78, 5) is 38.3. The Bertz CT molecular complexity index is 1020. The number of aliphatic hydroxyl groups excluding tert-OH is 1. The van der Waals surface area contributed by atoms with Crippen LogP contribution in [0.4, 0.5) is 0 Å². The molecule has 0 radical (unpaired) electrons. The molecule has 0 unspecified atom stereocenters. The van der Waals surface area contributed by atoms with Gasteiger partial charge in [-0.05, 0) is 24.6 Å². The van der Waals surface area contributed by atoms with Gasteiger partial charge < -0.3 is 29.6 Å². The average Bonchev–Trinajstić information content (AvgIpc) is 2.80. The highest BCUT2D eigenvalue weighted by molar-refractivity contribution is 6.31. The minimum atomic E-state index is -1.09. The Kier molecular flexibility index (Phi) is 8.46. The van der Waals surface area contributed by atoms with Crippen molar-refractivity contribution in [3.05, 3.63) is 39.2 Å². The van der Waals surface area contributed by atoms with Gasteiger partial charge in [0.2, 0.25) is 5.91 Å². The first-order valence-corrected chi connectivity index (χ1v) is 10.6. The number of carbonyl (C=O) groups is 2. The van der Waals surface area contributed by atoms with Gasteiger partial charge in [0.05, 0.1) is 19.8 Å². The van der Waals surface area contributed by atoms with Gasteiger partial charge in [0.25, 0.3) is 5.91 Å². The quantitative estimate of drug-likeness (QED) is 0.441. The summed E-state index contributed by atoms with van der Waals surface area (Å²) in [6.45, 7) is 4.77. The lowest BCUT2D eigenvalue weighted by Gasteiger charge is -2.26. The molecule has 1 aliphatic rings. The van der Waals surface area contributed by atoms with Crippen LogP contribution in [0.3, 0.4) is 0 Å². The molecule has 1 aliphatic heterocycles. The molecule has 11 heteroatoms. The van der Waals surface area contributed by atoms with Gasteiger partial charge in [-0.1, -0.05) is 11.6 Å². The van der Waals surface area contributed by atoms with Crippen LogP contribution in [0.2, 0.25) is 5.02 Å². The number of ether oxygens (including phenoxy) is 2. The van der Waals surface area contributed by atoms with Gasteiger partial charge >= 0.3 is 5.63 Å². The van der Waals surface area contributed by atoms with E-state index < -0.39 is 30.1 Å². The van der Waals surface area contributed by atoms with Gasteiger partial charge in [-0.15, -0.1) is 0 Å². The second-order valence-corrected chi connectivity index (χ2v) is 7.70. The third-order valence-electron chi connectivity index (χ3n) is 5.10. The van der Waals surface area contributed by atoms with Gasteiger partial charge in [-0.3, -0.25) is 14.5 Å². The molecule has 3 rings (SSSR count). The lowest BCUT2D eigenvalue weighted by molar-refractivity contribution is -0.131. The SMILES string of the molecule is Cc1c(Cl)c(=O)oc2cc(OCC(=O)N[C@@H](CO)C(=O)NCCN3CCOCC3)ccc12. The first kappa shape index (κ1) is 24.0. The van der Waals surface area contributed by atoms with E-state index in [0.717, 1.165) is 13.1 Å². The molecule has 0 spiro atoms. The summed E-state index contributed by atoms with van der Waals surface area (Å²) in [5.41, 5.74) is 0.215. The monoisotopic (exact) mass is 467 g/mol. The predicted octanol–water partition coefficient (Wildman–Crippen LogP) is 0.0591. The number of benzene rings is 1. The average molecular weight is 468 g/mol. The molecule has 0 saturated carbocycles. The van der Waals surface area contributed by atoms with Crippen LogP contribution in [-0.4, -0.2) is 80.5 Å². The maximum atomic E-state index is 12.2. The zero-order valence-corrected chi connectivity index (χ0v) is 18.4. The maximum absolute atomic E-state index is 12.2. The lowest BCUT2D eigenvalue weighted by atomic mass is 10.1. The summed E-state index contributed by atoms with van der Waals surface area (Å²) >= 11 is 5.91. The van der Waals surface area contributed by atoms with Crippen molar-refractivity contribution in [3.8, 4) is 5.75 Å². The summed E-state index contributed by atoms with van der Waals surface area (Å²) in [6, 6.07) is 3.68. The molecule has 2 aromatic rings. The van der Waals surface area contributed by atoms with Crippen LogP contribution in [0.1, 0.15) is 5.56 Å². The Morgan fingerprint density at radius 3 is 2.78 bits per heavy atom. The number of hydrogen-bond acceptors (Lipinski definition) is 8. The van der Waals surface area contributed by atoms with Gasteiger partial charge in [0.15, 0.2) is 6.61 Å². The number of nitrogens with zero attached hydrogens (tertiary/aromatic N) is 1. The van der Waals surface area contributed by atoms with Crippen LogP contribution in [0.15, 0.2) is 27.4 Å². The summed E-state index contributed by atoms with van der Waals surface area (Å²) in [6.07, 6.45) is 0. The van der Waals surface area contributed by atoms with E-state index in [4.69, 9.17) is 25.5 Å². The van der Waals surface area contributed by atoms with Crippen molar-refractivity contribution in [1.82, 2.24) is 15.5 Å². The Hall–Kier alpha value is -2.66. The fraction of sp³-hybridized carbons (Fsp3) is 0.476. The van der Waals surface area contributed by atoms with Gasteiger partial charge in [-0.25, -0.2) is 4.79 Å². The highest BCUT2D eigenvalue weighted by Crippen LogP contribution is 2.25. The van der Waals surface area contributed by atoms with Gasteiger partial charge in [0.1, 0.15) is 22.4 Å². The van der Waals surface area contributed by atoms with Gasteiger partial charge in [-0.2, -0.15) is 0 Å². The number of hydrogen-bond donors (Lipinski definition) is 3. The molecule has 1 aromatic carbocycles. The van der Waals surface area contributed by atoms with E-state index in [0.29, 0.717) is 43.0 Å². The van der Waals surface area contributed by atoms with Crippen molar-refractivity contribution in [1.29, 1.82) is 0 Å². The molecule has 0 aliphatic carbocycles. The number of halogens is 1. The molecule has 1 fully saturated rings. The Morgan fingerprint density at radius 2 is 2.06 bits per heavy atom. The second-order valence-electron chi connectivity index (χ2n) is 7.32. The number of amides is 2. The van der Waals surface area contributed by atoms with Crippen LogP contribution in [0.25, 0.3) is 11.0 Å². The normalized spacial score (nSPS) is 15.3. The molecule has 1 aromatic heterocycles. The maximum Gasteiger partial charge on any atom is 0.355 e. The molecule has 0 bridgehead atoms. The zero-order chi connectivity index (χ0) is 23.1. The summed E-state index contributed by atoms with van der Waals surface area (Å²) in [5.74, 6) is -0.761. The molecule has 2 heterocycles. The number of aliphatic hydroxyl groups is 1. The smallest absolute Gasteiger partial charge is 0.355 e. The van der Waals surface area contributed by atoms with Crippen LogP contribution in [-0.2, 0) is 14.3 Å². The lowest BCUT2D eigenvalue weighted by Crippen LogP contribution is -2.51. The third-order valence-corrected chi connectivity index (χ3v) is 5.54. The molecule has 32 heavy (non-hydrogen) atoms. The Morgan fingerprint density at radius 1 is 1.31 bits per heavy atom. The fourth-order valence-electron chi connectivity index (χ4n) is 3.27. The number of rotatable bonds is 9. The third kappa shape index (κ3) is 6.19. The zero-order valence-electron chi connectivity index (χ0n) is 17.7. The number of fused-ring (bicyclic) bond motifs is 1. The highest BCUT2D eigenvalue weighted by Gasteiger charge is 2.20. The standard InChI is InChI=1S/C21H26ClN3O7/c1-13-15-3-2-14(10-17(15)32-21(29)19(13)22)31-12-18(27)24-16(11-26)20(28)23-4-5-25-6-8-30-9-7-25/h2-3,10,16,26H,4-9,11-12H2,1H3,(H,23,28)(H,24,27)/t16-/m0/s1.